The van der Waals surface area contributed by atoms with Crippen LogP contribution < -0.4 is 34.7 Å². The van der Waals surface area contributed by atoms with Gasteiger partial charge in [0.05, 0.1) is 0 Å². The third-order valence-electron chi connectivity index (χ3n) is 3.70. The van der Waals surface area contributed by atoms with Crippen LogP contribution >= 0.6 is 0 Å². The predicted molar refractivity (Wildman–Crippen MR) is 85.9 cm³/mol. The van der Waals surface area contributed by atoms with E-state index in [1.54, 1.807) is 0 Å². The van der Waals surface area contributed by atoms with Crippen molar-refractivity contribution >= 4 is 5.97 Å². The smallest absolute Gasteiger partial charge is 0.550 e. The third kappa shape index (κ3) is 22.5. The summed E-state index contributed by atoms with van der Waals surface area (Å²) in [5.41, 5.74) is 0. The van der Waals surface area contributed by atoms with Gasteiger partial charge in [-0.2, -0.15) is 0 Å². The first kappa shape index (κ1) is 24.4. The maximum Gasteiger partial charge on any atom is 1.00 e. The molecule has 0 saturated heterocycles. The van der Waals surface area contributed by atoms with E-state index >= 15 is 0 Å². The van der Waals surface area contributed by atoms with Gasteiger partial charge in [-0.1, -0.05) is 57.1 Å². The standard InChI is InChI=1S/C18H34O3.Na/c19-17-15-13-11-9-7-5-3-1-2-4-6-8-10-12-14-16-18(20)21;/h1-2,19H,3-17H2,(H,20,21);/q;+1/p-1/b2-1-;. The van der Waals surface area contributed by atoms with Crippen molar-refractivity contribution in [2.24, 2.45) is 0 Å². The third-order valence-corrected chi connectivity index (χ3v) is 3.70. The van der Waals surface area contributed by atoms with Crippen molar-refractivity contribution in [1.29, 1.82) is 0 Å². The summed E-state index contributed by atoms with van der Waals surface area (Å²) in [6, 6.07) is 0. The van der Waals surface area contributed by atoms with E-state index in [1.165, 1.54) is 44.9 Å². The van der Waals surface area contributed by atoms with Gasteiger partial charge in [-0.15, -0.1) is 0 Å². The minimum absolute atomic E-state index is 0. The zero-order valence-electron chi connectivity index (χ0n) is 14.5. The number of unbranched alkanes of at least 4 members (excludes halogenated alkanes) is 11. The van der Waals surface area contributed by atoms with Crippen LogP contribution in [0.25, 0.3) is 0 Å². The average Bonchev–Trinajstić information content (AvgIpc) is 2.46. The molecule has 3 nitrogen and oxygen atoms in total. The molecule has 4 heteroatoms. The zero-order valence-corrected chi connectivity index (χ0v) is 16.5. The number of rotatable bonds is 16. The van der Waals surface area contributed by atoms with Gasteiger partial charge in [0, 0.05) is 12.6 Å². The summed E-state index contributed by atoms with van der Waals surface area (Å²) in [6.45, 7) is 0.333. The van der Waals surface area contributed by atoms with E-state index in [0.717, 1.165) is 38.5 Å². The molecule has 0 heterocycles. The molecule has 0 aromatic rings. The average molecular weight is 320 g/mol. The van der Waals surface area contributed by atoms with E-state index in [1.807, 2.05) is 0 Å². The Balaban J connectivity index is 0. The number of hydrogen-bond donors (Lipinski definition) is 1. The van der Waals surface area contributed by atoms with Crippen LogP contribution in [0.4, 0.5) is 0 Å². The van der Waals surface area contributed by atoms with Gasteiger partial charge >= 0.3 is 29.6 Å². The van der Waals surface area contributed by atoms with Crippen LogP contribution in [0.2, 0.25) is 0 Å². The number of aliphatic carboxylic acids is 1. The minimum atomic E-state index is -0.925. The molecule has 0 radical (unpaired) electrons. The van der Waals surface area contributed by atoms with E-state index in [2.05, 4.69) is 12.2 Å². The Bertz CT molecular complexity index is 255. The number of allylic oxidation sites excluding steroid dienone is 2. The van der Waals surface area contributed by atoms with E-state index in [4.69, 9.17) is 5.11 Å². The van der Waals surface area contributed by atoms with Gasteiger partial charge in [0.2, 0.25) is 0 Å². The Kier molecular flexibility index (Phi) is 23.5. The molecule has 0 aromatic carbocycles. The SMILES string of the molecule is O=C([O-])CCCCCCC/C=C\CCCCCCCCO.[Na+]. The molecule has 0 aliphatic carbocycles. The fourth-order valence-corrected chi connectivity index (χ4v) is 2.38. The molecule has 0 saturated carbocycles. The Labute approximate surface area is 158 Å². The van der Waals surface area contributed by atoms with Crippen LogP contribution in [0.1, 0.15) is 89.9 Å². The summed E-state index contributed by atoms with van der Waals surface area (Å²) in [6.07, 6.45) is 19.7. The van der Waals surface area contributed by atoms with Crippen molar-refractivity contribution in [3.05, 3.63) is 12.2 Å². The summed E-state index contributed by atoms with van der Waals surface area (Å²) in [5.74, 6) is -0.925. The second-order valence-electron chi connectivity index (χ2n) is 5.78. The molecule has 0 amide bonds. The molecule has 0 aromatic heterocycles. The summed E-state index contributed by atoms with van der Waals surface area (Å²) in [5, 5.41) is 18.9. The Morgan fingerprint density at radius 3 is 1.59 bits per heavy atom. The first-order chi connectivity index (χ1) is 10.3. The van der Waals surface area contributed by atoms with Crippen LogP contribution in [0.5, 0.6) is 0 Å². The van der Waals surface area contributed by atoms with Gasteiger partial charge in [0.1, 0.15) is 0 Å². The molecule has 0 atom stereocenters. The van der Waals surface area contributed by atoms with Crippen LogP contribution in [0.15, 0.2) is 12.2 Å². The van der Waals surface area contributed by atoms with E-state index in [9.17, 15) is 9.90 Å². The molecule has 0 fully saturated rings. The molecule has 0 bridgehead atoms. The van der Waals surface area contributed by atoms with Crippen LogP contribution in [0, 0.1) is 0 Å². The van der Waals surface area contributed by atoms with Crippen molar-refractivity contribution in [2.45, 2.75) is 89.9 Å². The quantitative estimate of drug-likeness (QED) is 0.259. The number of aliphatic hydroxyl groups excluding tert-OH is 1. The topological polar surface area (TPSA) is 60.4 Å². The van der Waals surface area contributed by atoms with E-state index in [0.29, 0.717) is 6.61 Å². The number of hydrogen-bond acceptors (Lipinski definition) is 3. The largest absolute Gasteiger partial charge is 1.00 e. The fourth-order valence-electron chi connectivity index (χ4n) is 2.38. The van der Waals surface area contributed by atoms with E-state index < -0.39 is 5.97 Å². The summed E-state index contributed by atoms with van der Waals surface area (Å²) in [7, 11) is 0. The van der Waals surface area contributed by atoms with Crippen LogP contribution in [-0.2, 0) is 4.79 Å². The number of carboxylic acids is 1. The molecule has 0 aliphatic rings. The van der Waals surface area contributed by atoms with Gasteiger partial charge in [-0.3, -0.25) is 0 Å². The van der Waals surface area contributed by atoms with Crippen LogP contribution in [0.3, 0.4) is 0 Å². The molecular formula is C18H33NaO3. The fraction of sp³-hybridized carbons (Fsp3) is 0.833. The first-order valence-electron chi connectivity index (χ1n) is 8.73. The minimum Gasteiger partial charge on any atom is -0.550 e. The summed E-state index contributed by atoms with van der Waals surface area (Å²) < 4.78 is 0. The molecule has 0 spiro atoms. The predicted octanol–water partition coefficient (Wildman–Crippen LogP) is 0.750. The first-order valence-corrected chi connectivity index (χ1v) is 8.73. The molecule has 0 unspecified atom stereocenters. The molecular weight excluding hydrogens is 287 g/mol. The van der Waals surface area contributed by atoms with E-state index in [-0.39, 0.29) is 36.0 Å². The van der Waals surface area contributed by atoms with Gasteiger partial charge in [-0.05, 0) is 44.9 Å². The van der Waals surface area contributed by atoms with Crippen molar-refractivity contribution < 1.29 is 44.6 Å². The Morgan fingerprint density at radius 1 is 0.727 bits per heavy atom. The number of carbonyl (C=O) groups excluding carboxylic acids is 1. The van der Waals surface area contributed by atoms with Crippen molar-refractivity contribution in [3.63, 3.8) is 0 Å². The van der Waals surface area contributed by atoms with Gasteiger partial charge < -0.3 is 15.0 Å². The van der Waals surface area contributed by atoms with Gasteiger partial charge in [-0.25, -0.2) is 0 Å². The monoisotopic (exact) mass is 320 g/mol. The normalized spacial score (nSPS) is 10.8. The molecule has 124 valence electrons. The maximum absolute atomic E-state index is 10.2. The van der Waals surface area contributed by atoms with Gasteiger partial charge in [0.15, 0.2) is 0 Å². The van der Waals surface area contributed by atoms with Crippen LogP contribution in [-0.4, -0.2) is 17.7 Å². The van der Waals surface area contributed by atoms with Crippen molar-refractivity contribution in [1.82, 2.24) is 0 Å². The number of carboxylic acid groups (broad SMARTS) is 1. The second-order valence-corrected chi connectivity index (χ2v) is 5.78. The molecule has 22 heavy (non-hydrogen) atoms. The number of aliphatic hydroxyl groups is 1. The summed E-state index contributed by atoms with van der Waals surface area (Å²) >= 11 is 0. The number of carbonyl (C=O) groups is 1. The van der Waals surface area contributed by atoms with Gasteiger partial charge in [0.25, 0.3) is 0 Å². The maximum atomic E-state index is 10.2. The Hall–Kier alpha value is 0.170. The van der Waals surface area contributed by atoms with Crippen molar-refractivity contribution in [2.75, 3.05) is 6.61 Å². The summed E-state index contributed by atoms with van der Waals surface area (Å²) in [4.78, 5) is 10.2. The molecule has 0 aliphatic heterocycles. The second kappa shape index (κ2) is 21.2. The molecule has 1 N–H and O–H groups in total. The molecule has 0 rings (SSSR count). The Morgan fingerprint density at radius 2 is 1.14 bits per heavy atom. The van der Waals surface area contributed by atoms with Crippen molar-refractivity contribution in [3.8, 4) is 0 Å². The zero-order chi connectivity index (χ0) is 15.6.